The summed E-state index contributed by atoms with van der Waals surface area (Å²) in [5, 5.41) is 33.5. The van der Waals surface area contributed by atoms with Crippen molar-refractivity contribution in [1.29, 1.82) is 0 Å². The number of hydrogen-bond acceptors (Lipinski definition) is 6. The molecule has 4 aliphatic carbocycles. The first-order valence-corrected chi connectivity index (χ1v) is 14.8. The zero-order valence-electron chi connectivity index (χ0n) is 25.2. The lowest BCUT2D eigenvalue weighted by atomic mass is 9.36. The first-order valence-electron chi connectivity index (χ1n) is 14.8. The summed E-state index contributed by atoms with van der Waals surface area (Å²) < 4.78 is 5.34. The van der Waals surface area contributed by atoms with Crippen molar-refractivity contribution >= 4 is 11.8 Å². The van der Waals surface area contributed by atoms with Crippen molar-refractivity contribution in [3.8, 4) is 0 Å². The van der Waals surface area contributed by atoms with Crippen molar-refractivity contribution in [2.24, 2.45) is 39.4 Å². The molecule has 6 heteroatoms. The van der Waals surface area contributed by atoms with Gasteiger partial charge in [0.1, 0.15) is 5.78 Å². The van der Waals surface area contributed by atoms with Crippen LogP contribution >= 0.6 is 0 Å². The fourth-order valence-electron chi connectivity index (χ4n) is 10.2. The van der Waals surface area contributed by atoms with E-state index in [1.807, 2.05) is 0 Å². The van der Waals surface area contributed by atoms with Gasteiger partial charge >= 0.3 is 5.97 Å². The Balaban J connectivity index is 1.66. The zero-order valence-corrected chi connectivity index (χ0v) is 25.2. The van der Waals surface area contributed by atoms with Crippen LogP contribution in [0.2, 0.25) is 0 Å². The van der Waals surface area contributed by atoms with Crippen LogP contribution < -0.4 is 0 Å². The van der Waals surface area contributed by atoms with Gasteiger partial charge in [0.05, 0.1) is 17.8 Å². The Bertz CT molecular complexity index is 1010. The molecular weight excluding hydrogens is 480 g/mol. The Labute approximate surface area is 229 Å². The second-order valence-corrected chi connectivity index (χ2v) is 15.1. The smallest absolute Gasteiger partial charge is 0.303 e. The number of allylic oxidation sites excluding steroid dienone is 1. The van der Waals surface area contributed by atoms with E-state index < -0.39 is 29.9 Å². The Hall–Kier alpha value is -1.24. The van der Waals surface area contributed by atoms with Gasteiger partial charge in [-0.3, -0.25) is 9.59 Å². The molecule has 4 aliphatic rings. The number of hydrogen-bond donors (Lipinski definition) is 3. The third-order valence-corrected chi connectivity index (χ3v) is 12.2. The monoisotopic (exact) mass is 532 g/mol. The lowest BCUT2D eigenvalue weighted by Crippen LogP contribution is -2.65. The fraction of sp³-hybridized carbons (Fsp3) is 0.875. The summed E-state index contributed by atoms with van der Waals surface area (Å²) in [6.45, 7) is 17.9. The molecule has 6 nitrogen and oxygen atoms in total. The predicted octanol–water partition coefficient (Wildman–Crippen LogP) is 5.37. The summed E-state index contributed by atoms with van der Waals surface area (Å²) in [4.78, 5) is 24.6. The summed E-state index contributed by atoms with van der Waals surface area (Å²) >= 11 is 0. The Morgan fingerprint density at radius 3 is 2.32 bits per heavy atom. The topological polar surface area (TPSA) is 104 Å². The molecule has 0 saturated heterocycles. The van der Waals surface area contributed by atoms with Gasteiger partial charge in [0.25, 0.3) is 0 Å². The van der Waals surface area contributed by atoms with Gasteiger partial charge in [-0.2, -0.15) is 0 Å². The van der Waals surface area contributed by atoms with Gasteiger partial charge < -0.3 is 20.1 Å². The normalized spacial score (nSPS) is 41.1. The second-order valence-electron chi connectivity index (χ2n) is 15.1. The van der Waals surface area contributed by atoms with Crippen LogP contribution in [0.3, 0.4) is 0 Å². The molecule has 0 spiro atoms. The maximum Gasteiger partial charge on any atom is 0.303 e. The van der Waals surface area contributed by atoms with E-state index in [4.69, 9.17) is 4.74 Å². The van der Waals surface area contributed by atoms with Crippen molar-refractivity contribution < 1.29 is 29.6 Å². The number of aliphatic hydroxyl groups is 3. The summed E-state index contributed by atoms with van der Waals surface area (Å²) in [7, 11) is 0. The molecule has 3 saturated carbocycles. The van der Waals surface area contributed by atoms with E-state index in [0.29, 0.717) is 25.0 Å². The Kier molecular flexibility index (Phi) is 7.36. The van der Waals surface area contributed by atoms with Gasteiger partial charge in [0, 0.05) is 18.8 Å². The maximum absolute atomic E-state index is 12.9. The van der Waals surface area contributed by atoms with Gasteiger partial charge in [-0.1, -0.05) is 52.7 Å². The number of rotatable bonds is 6. The van der Waals surface area contributed by atoms with Crippen LogP contribution in [0.15, 0.2) is 11.1 Å². The molecule has 216 valence electrons. The van der Waals surface area contributed by atoms with E-state index in [-0.39, 0.29) is 39.4 Å². The van der Waals surface area contributed by atoms with E-state index >= 15 is 0 Å². The highest BCUT2D eigenvalue weighted by atomic mass is 16.6. The molecule has 0 bridgehead atoms. The van der Waals surface area contributed by atoms with Crippen molar-refractivity contribution in [3.63, 3.8) is 0 Å². The number of esters is 1. The molecule has 3 fully saturated rings. The van der Waals surface area contributed by atoms with E-state index in [1.54, 1.807) is 13.8 Å². The van der Waals surface area contributed by atoms with Gasteiger partial charge in [-0.05, 0) is 92.8 Å². The number of aliphatic hydroxyl groups excluding tert-OH is 2. The van der Waals surface area contributed by atoms with Crippen LogP contribution in [0, 0.1) is 39.4 Å². The zero-order chi connectivity index (χ0) is 28.6. The van der Waals surface area contributed by atoms with Gasteiger partial charge in [0.2, 0.25) is 0 Å². The van der Waals surface area contributed by atoms with E-state index in [9.17, 15) is 24.9 Å². The SMILES string of the molecule is CC(=O)O[C@H]([C@@H](O)C[C@@H](C)C1=C2C[C@H](O)[C@H]3[C@@]4(C)CCC(=O)C(C)(C)[C@@H]4CC[C@]3(C)[C@@]2(C)CC1)C(C)(C)O. The number of ether oxygens (including phenoxy) is 1. The number of ketones is 1. The van der Waals surface area contributed by atoms with Gasteiger partial charge in [0.15, 0.2) is 6.10 Å². The van der Waals surface area contributed by atoms with E-state index in [0.717, 1.165) is 32.1 Å². The molecule has 0 heterocycles. The van der Waals surface area contributed by atoms with Gasteiger partial charge in [-0.15, -0.1) is 0 Å². The van der Waals surface area contributed by atoms with Crippen molar-refractivity contribution in [2.75, 3.05) is 0 Å². The highest BCUT2D eigenvalue weighted by molar-refractivity contribution is 5.85. The molecule has 0 amide bonds. The second kappa shape index (κ2) is 9.41. The fourth-order valence-corrected chi connectivity index (χ4v) is 10.2. The first kappa shape index (κ1) is 29.7. The summed E-state index contributed by atoms with van der Waals surface area (Å²) in [6.07, 6.45) is 3.98. The van der Waals surface area contributed by atoms with Crippen LogP contribution in [0.1, 0.15) is 114 Å². The predicted molar refractivity (Wildman–Crippen MR) is 147 cm³/mol. The number of fused-ring (bicyclic) bond motifs is 5. The summed E-state index contributed by atoms with van der Waals surface area (Å²) in [5.41, 5.74) is 0.754. The molecule has 0 radical (unpaired) electrons. The molecule has 9 atom stereocenters. The van der Waals surface area contributed by atoms with Crippen LogP contribution in [0.25, 0.3) is 0 Å². The summed E-state index contributed by atoms with van der Waals surface area (Å²) in [6, 6.07) is 0. The molecule has 0 aromatic heterocycles. The quantitative estimate of drug-likeness (QED) is 0.314. The number of carbonyl (C=O) groups excluding carboxylic acids is 2. The lowest BCUT2D eigenvalue weighted by molar-refractivity contribution is -0.208. The van der Waals surface area contributed by atoms with Crippen LogP contribution in [-0.4, -0.2) is 51.0 Å². The third kappa shape index (κ3) is 4.32. The molecule has 3 N–H and O–H groups in total. The molecule has 4 rings (SSSR count). The van der Waals surface area contributed by atoms with Crippen LogP contribution in [-0.2, 0) is 14.3 Å². The maximum atomic E-state index is 12.9. The largest absolute Gasteiger partial charge is 0.457 e. The minimum absolute atomic E-state index is 0.0349. The van der Waals surface area contributed by atoms with Crippen molar-refractivity contribution in [1.82, 2.24) is 0 Å². The molecule has 0 unspecified atom stereocenters. The Morgan fingerprint density at radius 2 is 1.74 bits per heavy atom. The van der Waals surface area contributed by atoms with Gasteiger partial charge in [-0.25, -0.2) is 0 Å². The lowest BCUT2D eigenvalue weighted by Gasteiger charge is -2.69. The average molecular weight is 533 g/mol. The summed E-state index contributed by atoms with van der Waals surface area (Å²) in [5.74, 6) is 0.305. The minimum atomic E-state index is -1.36. The Morgan fingerprint density at radius 1 is 1.11 bits per heavy atom. The molecular formula is C32H52O6. The minimum Gasteiger partial charge on any atom is -0.457 e. The third-order valence-electron chi connectivity index (χ3n) is 12.2. The van der Waals surface area contributed by atoms with Crippen molar-refractivity contribution in [3.05, 3.63) is 11.1 Å². The number of Topliss-reactive ketones (excluding diaryl/α,β-unsaturated/α-hetero) is 1. The van der Waals surface area contributed by atoms with E-state index in [2.05, 4.69) is 41.5 Å². The first-order chi connectivity index (χ1) is 17.3. The molecule has 0 aromatic rings. The van der Waals surface area contributed by atoms with E-state index in [1.165, 1.54) is 18.1 Å². The standard InChI is InChI=1S/C32H52O6/c1-18(16-23(35)27(29(5,6)37)38-19(2)33)20-10-14-31(8)21(20)17-22(34)26-30(7)13-12-25(36)28(3,4)24(30)11-15-32(26,31)9/h18,22-24,26-27,34-35,37H,10-17H2,1-9H3/t18-,22+,23+,24+,26+,27-,30+,31+,32+/m1/s1. The van der Waals surface area contributed by atoms with Crippen LogP contribution in [0.4, 0.5) is 0 Å². The molecule has 38 heavy (non-hydrogen) atoms. The average Bonchev–Trinajstić information content (AvgIpc) is 3.12. The highest BCUT2D eigenvalue weighted by Gasteiger charge is 2.69. The molecule has 0 aromatic carbocycles. The molecule has 0 aliphatic heterocycles. The highest BCUT2D eigenvalue weighted by Crippen LogP contribution is 2.74. The number of carbonyl (C=O) groups is 2. The van der Waals surface area contributed by atoms with Crippen molar-refractivity contribution in [2.45, 2.75) is 138 Å². The van der Waals surface area contributed by atoms with Crippen LogP contribution in [0.5, 0.6) is 0 Å².